The predicted octanol–water partition coefficient (Wildman–Crippen LogP) is -1.95. The topological polar surface area (TPSA) is 200 Å². The molecule has 5 atom stereocenters. The average Bonchev–Trinajstić information content (AvgIpc) is 2.54. The molecule has 1 aliphatic rings. The average molecular weight is 380 g/mol. The van der Waals surface area contributed by atoms with E-state index in [1.807, 2.05) is 0 Å². The molecule has 140 valence electrons. The number of anilines is 1. The molecule has 1 aromatic carbocycles. The van der Waals surface area contributed by atoms with Crippen LogP contribution in [-0.4, -0.2) is 75.6 Å². The second-order valence-corrected chi connectivity index (χ2v) is 6.70. The van der Waals surface area contributed by atoms with Gasteiger partial charge in [-0.2, -0.15) is 8.42 Å². The lowest BCUT2D eigenvalue weighted by Gasteiger charge is -2.40. The molecule has 5 unspecified atom stereocenters. The van der Waals surface area contributed by atoms with Crippen molar-refractivity contribution >= 4 is 21.5 Å². The highest BCUT2D eigenvalue weighted by Gasteiger charge is 2.43. The van der Waals surface area contributed by atoms with E-state index in [-0.39, 0.29) is 5.69 Å². The Balaban J connectivity index is 2.31. The van der Waals surface area contributed by atoms with Crippen molar-refractivity contribution in [2.45, 2.75) is 35.5 Å². The fourth-order valence-corrected chi connectivity index (χ4v) is 2.99. The van der Waals surface area contributed by atoms with Crippen molar-refractivity contribution in [2.75, 3.05) is 11.9 Å². The standard InChI is InChI=1S/C12H16N2O10S/c15-4-7-9(16)10(17)11(18)12(24-7)13-5-1-2-8(25(21,22)23)6(3-5)14(19)20/h1-3,7,9-13,15-18H,4H2,(H,21,22,23). The van der Waals surface area contributed by atoms with E-state index >= 15 is 0 Å². The van der Waals surface area contributed by atoms with Gasteiger partial charge in [-0.05, 0) is 12.1 Å². The number of nitrogens with zero attached hydrogens (tertiary/aromatic N) is 1. The van der Waals surface area contributed by atoms with Gasteiger partial charge in [-0.15, -0.1) is 0 Å². The summed E-state index contributed by atoms with van der Waals surface area (Å²) < 4.78 is 36.5. The number of aliphatic hydroxyl groups is 4. The Kier molecular flexibility index (Phi) is 5.58. The molecule has 0 spiro atoms. The highest BCUT2D eigenvalue weighted by atomic mass is 32.2. The third-order valence-electron chi connectivity index (χ3n) is 3.63. The van der Waals surface area contributed by atoms with Crippen LogP contribution in [0.2, 0.25) is 0 Å². The summed E-state index contributed by atoms with van der Waals surface area (Å²) in [6.07, 6.45) is -7.42. The van der Waals surface area contributed by atoms with Crippen molar-refractivity contribution < 1.29 is 43.1 Å². The molecular formula is C12H16N2O10S. The van der Waals surface area contributed by atoms with Crippen LogP contribution in [0.25, 0.3) is 0 Å². The van der Waals surface area contributed by atoms with E-state index in [2.05, 4.69) is 5.32 Å². The Morgan fingerprint density at radius 3 is 2.36 bits per heavy atom. The number of nitro groups is 1. The zero-order chi connectivity index (χ0) is 18.9. The van der Waals surface area contributed by atoms with Crippen LogP contribution in [0, 0.1) is 10.1 Å². The zero-order valence-corrected chi connectivity index (χ0v) is 13.3. The van der Waals surface area contributed by atoms with E-state index in [0.717, 1.165) is 18.2 Å². The Hall–Kier alpha value is -1.87. The van der Waals surface area contributed by atoms with Gasteiger partial charge < -0.3 is 30.5 Å². The molecule has 0 bridgehead atoms. The first-order chi connectivity index (χ1) is 11.6. The van der Waals surface area contributed by atoms with Crippen molar-refractivity contribution in [3.05, 3.63) is 28.3 Å². The summed E-state index contributed by atoms with van der Waals surface area (Å²) in [6, 6.07) is 2.63. The predicted molar refractivity (Wildman–Crippen MR) is 80.3 cm³/mol. The van der Waals surface area contributed by atoms with Gasteiger partial charge in [0.2, 0.25) is 0 Å². The van der Waals surface area contributed by atoms with E-state index in [1.54, 1.807) is 0 Å². The molecular weight excluding hydrogens is 364 g/mol. The van der Waals surface area contributed by atoms with Crippen LogP contribution in [0.4, 0.5) is 11.4 Å². The van der Waals surface area contributed by atoms with Gasteiger partial charge in [-0.1, -0.05) is 0 Å². The van der Waals surface area contributed by atoms with Gasteiger partial charge in [0.15, 0.2) is 11.1 Å². The molecule has 12 nitrogen and oxygen atoms in total. The molecule has 1 heterocycles. The first-order valence-electron chi connectivity index (χ1n) is 6.89. The van der Waals surface area contributed by atoms with Crippen molar-refractivity contribution in [2.24, 2.45) is 0 Å². The summed E-state index contributed by atoms with van der Waals surface area (Å²) in [5.74, 6) is 0. The van der Waals surface area contributed by atoms with Gasteiger partial charge in [0.05, 0.1) is 11.5 Å². The van der Waals surface area contributed by atoms with Gasteiger partial charge in [0, 0.05) is 11.8 Å². The molecule has 25 heavy (non-hydrogen) atoms. The van der Waals surface area contributed by atoms with Crippen molar-refractivity contribution in [1.82, 2.24) is 0 Å². The Bertz CT molecular complexity index is 752. The summed E-state index contributed by atoms with van der Waals surface area (Å²) in [4.78, 5) is 9.04. The summed E-state index contributed by atoms with van der Waals surface area (Å²) in [7, 11) is -4.82. The van der Waals surface area contributed by atoms with Gasteiger partial charge >= 0.3 is 10.1 Å². The SMILES string of the molecule is O=[N+]([O-])c1cc(NC2OC(CO)C(O)C(O)C2O)ccc1S(=O)(=O)O. The lowest BCUT2D eigenvalue weighted by molar-refractivity contribution is -0.387. The number of rotatable bonds is 5. The van der Waals surface area contributed by atoms with E-state index in [1.165, 1.54) is 0 Å². The molecule has 0 aliphatic carbocycles. The van der Waals surface area contributed by atoms with Gasteiger partial charge in [0.25, 0.3) is 5.69 Å². The molecule has 0 radical (unpaired) electrons. The smallest absolute Gasteiger partial charge is 0.301 e. The van der Waals surface area contributed by atoms with Crippen LogP contribution in [0.1, 0.15) is 0 Å². The summed E-state index contributed by atoms with van der Waals surface area (Å²) in [6.45, 7) is -0.662. The molecule has 1 fully saturated rings. The number of ether oxygens (including phenoxy) is 1. The van der Waals surface area contributed by atoms with Crippen LogP contribution >= 0.6 is 0 Å². The van der Waals surface area contributed by atoms with Gasteiger partial charge in [0.1, 0.15) is 24.4 Å². The minimum absolute atomic E-state index is 0.0663. The lowest BCUT2D eigenvalue weighted by atomic mass is 9.98. The maximum atomic E-state index is 11.1. The maximum Gasteiger partial charge on any atom is 0.301 e. The monoisotopic (exact) mass is 380 g/mol. The fraction of sp³-hybridized carbons (Fsp3) is 0.500. The highest BCUT2D eigenvalue weighted by molar-refractivity contribution is 7.86. The summed E-state index contributed by atoms with van der Waals surface area (Å²) in [5.41, 5.74) is -0.986. The van der Waals surface area contributed by atoms with Gasteiger partial charge in [-0.25, -0.2) is 0 Å². The minimum Gasteiger partial charge on any atom is -0.394 e. The second-order valence-electron chi connectivity index (χ2n) is 5.31. The second kappa shape index (κ2) is 7.17. The van der Waals surface area contributed by atoms with E-state index in [4.69, 9.17) is 14.4 Å². The van der Waals surface area contributed by atoms with E-state index in [0.29, 0.717) is 0 Å². The molecule has 0 aromatic heterocycles. The first kappa shape index (κ1) is 19.5. The molecule has 0 saturated carbocycles. The van der Waals surface area contributed by atoms with E-state index in [9.17, 15) is 33.9 Å². The molecule has 1 aromatic rings. The van der Waals surface area contributed by atoms with Crippen molar-refractivity contribution in [3.8, 4) is 0 Å². The van der Waals surface area contributed by atoms with Crippen molar-refractivity contribution in [1.29, 1.82) is 0 Å². The number of hydrogen-bond donors (Lipinski definition) is 6. The van der Waals surface area contributed by atoms with E-state index < -0.39 is 62.9 Å². The maximum absolute atomic E-state index is 11.1. The number of benzene rings is 1. The van der Waals surface area contributed by atoms with Crippen LogP contribution in [-0.2, 0) is 14.9 Å². The first-order valence-corrected chi connectivity index (χ1v) is 8.33. The van der Waals surface area contributed by atoms with Crippen LogP contribution in [0.5, 0.6) is 0 Å². The number of hydrogen-bond acceptors (Lipinski definition) is 10. The Morgan fingerprint density at radius 1 is 1.20 bits per heavy atom. The number of nitro benzene ring substituents is 1. The van der Waals surface area contributed by atoms with Crippen LogP contribution in [0.15, 0.2) is 23.1 Å². The molecule has 2 rings (SSSR count). The Morgan fingerprint density at radius 2 is 1.84 bits per heavy atom. The molecule has 0 amide bonds. The molecule has 1 aliphatic heterocycles. The number of aliphatic hydroxyl groups excluding tert-OH is 4. The lowest BCUT2D eigenvalue weighted by Crippen LogP contribution is -2.60. The quantitative estimate of drug-likeness (QED) is 0.188. The third kappa shape index (κ3) is 4.04. The molecule has 1 saturated heterocycles. The molecule has 6 N–H and O–H groups in total. The third-order valence-corrected chi connectivity index (χ3v) is 4.54. The van der Waals surface area contributed by atoms with Gasteiger partial charge in [-0.3, -0.25) is 14.7 Å². The zero-order valence-electron chi connectivity index (χ0n) is 12.5. The van der Waals surface area contributed by atoms with Crippen LogP contribution < -0.4 is 5.32 Å². The highest BCUT2D eigenvalue weighted by Crippen LogP contribution is 2.29. The minimum atomic E-state index is -4.82. The normalized spacial score (nSPS) is 30.0. The largest absolute Gasteiger partial charge is 0.394 e. The number of nitrogens with one attached hydrogen (secondary N) is 1. The van der Waals surface area contributed by atoms with Crippen LogP contribution in [0.3, 0.4) is 0 Å². The van der Waals surface area contributed by atoms with Crippen molar-refractivity contribution in [3.63, 3.8) is 0 Å². The fourth-order valence-electron chi connectivity index (χ4n) is 2.35. The summed E-state index contributed by atoms with van der Waals surface area (Å²) in [5, 5.41) is 51.8. The molecule has 13 heteroatoms. The Labute approximate surface area is 141 Å². The summed E-state index contributed by atoms with van der Waals surface area (Å²) >= 11 is 0.